The highest BCUT2D eigenvalue weighted by molar-refractivity contribution is 8.06. The fourth-order valence-corrected chi connectivity index (χ4v) is 1.94. The minimum absolute atomic E-state index is 0.869. The quantitative estimate of drug-likeness (QED) is 0.761. The minimum atomic E-state index is 0.869. The molecule has 0 aliphatic carbocycles. The summed E-state index contributed by atoms with van der Waals surface area (Å²) in [4.78, 5) is 0. The highest BCUT2D eigenvalue weighted by Gasteiger charge is 1.89. The van der Waals surface area contributed by atoms with E-state index in [0.29, 0.717) is 0 Å². The molecule has 0 radical (unpaired) electrons. The van der Waals surface area contributed by atoms with Gasteiger partial charge < -0.3 is 4.74 Å². The van der Waals surface area contributed by atoms with Gasteiger partial charge in [-0.15, -0.1) is 0 Å². The van der Waals surface area contributed by atoms with Crippen molar-refractivity contribution in [2.24, 2.45) is 0 Å². The van der Waals surface area contributed by atoms with Crippen molar-refractivity contribution in [3.05, 3.63) is 71.1 Å². The maximum Gasteiger partial charge on any atom is 0.118 e. The van der Waals surface area contributed by atoms with Gasteiger partial charge in [-0.05, 0) is 58.3 Å². The van der Waals surface area contributed by atoms with Gasteiger partial charge in [-0.1, -0.05) is 36.3 Å². The molecule has 1 nitrogen and oxygen atoms in total. The van der Waals surface area contributed by atoms with Gasteiger partial charge in [-0.3, -0.25) is 0 Å². The fraction of sp³-hybridized carbons (Fsp3) is 0.0588. The lowest BCUT2D eigenvalue weighted by molar-refractivity contribution is 0.415. The molecule has 0 amide bonds. The molecule has 0 spiro atoms. The molecule has 0 bridgehead atoms. The van der Waals surface area contributed by atoms with Crippen LogP contribution in [0.5, 0.6) is 5.75 Å². The Kier molecular flexibility index (Phi) is 5.16. The van der Waals surface area contributed by atoms with Crippen molar-refractivity contribution in [2.45, 2.75) is 0 Å². The summed E-state index contributed by atoms with van der Waals surface area (Å²) in [6.07, 6.45) is 2.03. The molecule has 0 aromatic heterocycles. The number of rotatable bonds is 3. The number of hydrogen-bond acceptors (Lipinski definition) is 2. The summed E-state index contributed by atoms with van der Waals surface area (Å²) in [5.41, 5.74) is 2.17. The van der Waals surface area contributed by atoms with Crippen molar-refractivity contribution in [2.75, 3.05) is 7.11 Å². The first-order valence-corrected chi connectivity index (χ1v) is 6.79. The van der Waals surface area contributed by atoms with E-state index in [2.05, 4.69) is 11.2 Å². The average molecular weight is 266 g/mol. The Labute approximate surface area is 118 Å². The van der Waals surface area contributed by atoms with E-state index in [-0.39, 0.29) is 0 Å². The van der Waals surface area contributed by atoms with Gasteiger partial charge in [0.25, 0.3) is 0 Å². The molecule has 0 heterocycles. The Bertz CT molecular complexity index is 589. The monoisotopic (exact) mass is 266 g/mol. The zero-order chi connectivity index (χ0) is 13.3. The van der Waals surface area contributed by atoms with E-state index in [4.69, 9.17) is 4.74 Å². The Morgan fingerprint density at radius 1 is 1.00 bits per heavy atom. The molecule has 0 saturated heterocycles. The van der Waals surface area contributed by atoms with E-state index in [1.165, 1.54) is 11.8 Å². The van der Waals surface area contributed by atoms with Crippen molar-refractivity contribution in [1.29, 1.82) is 0 Å². The Morgan fingerprint density at radius 3 is 2.42 bits per heavy atom. The van der Waals surface area contributed by atoms with Crippen LogP contribution in [0, 0.1) is 11.2 Å². The summed E-state index contributed by atoms with van der Waals surface area (Å²) < 4.78 is 5.11. The van der Waals surface area contributed by atoms with E-state index >= 15 is 0 Å². The maximum atomic E-state index is 5.11. The highest BCUT2D eigenvalue weighted by atomic mass is 32.2. The van der Waals surface area contributed by atoms with Crippen LogP contribution in [0.25, 0.3) is 6.08 Å². The third-order valence-corrected chi connectivity index (χ3v) is 2.96. The molecule has 0 N–H and O–H groups in total. The summed E-state index contributed by atoms with van der Waals surface area (Å²) in [5.74, 6) is 3.96. The number of thioether (sulfide) groups is 1. The van der Waals surface area contributed by atoms with Crippen molar-refractivity contribution < 1.29 is 4.74 Å². The van der Waals surface area contributed by atoms with Gasteiger partial charge in [0.05, 0.1) is 7.11 Å². The molecule has 0 fully saturated rings. The largest absolute Gasteiger partial charge is 0.497 e. The molecule has 2 heteroatoms. The molecule has 0 aliphatic rings. The van der Waals surface area contributed by atoms with E-state index in [0.717, 1.165) is 16.9 Å². The lowest BCUT2D eigenvalue weighted by Gasteiger charge is -1.98. The summed E-state index contributed by atoms with van der Waals surface area (Å²) in [5, 5.41) is 5.03. The van der Waals surface area contributed by atoms with E-state index in [9.17, 15) is 0 Å². The molecule has 2 rings (SSSR count). The smallest absolute Gasteiger partial charge is 0.118 e. The highest BCUT2D eigenvalue weighted by Crippen LogP contribution is 2.13. The lowest BCUT2D eigenvalue weighted by Crippen LogP contribution is -1.80. The number of hydrogen-bond donors (Lipinski definition) is 0. The fourth-order valence-electron chi connectivity index (χ4n) is 1.47. The van der Waals surface area contributed by atoms with E-state index in [1.807, 2.05) is 66.1 Å². The third kappa shape index (κ3) is 4.57. The molecule has 0 unspecified atom stereocenters. The molecule has 2 aromatic rings. The second-order valence-corrected chi connectivity index (χ2v) is 4.50. The van der Waals surface area contributed by atoms with Crippen LogP contribution in [0.1, 0.15) is 11.1 Å². The minimum Gasteiger partial charge on any atom is -0.497 e. The molecular formula is C17H14OS. The molecule has 0 saturated carbocycles. The summed E-state index contributed by atoms with van der Waals surface area (Å²) in [6, 6.07) is 17.9. The molecule has 19 heavy (non-hydrogen) atoms. The zero-order valence-corrected chi connectivity index (χ0v) is 11.5. The predicted molar refractivity (Wildman–Crippen MR) is 82.9 cm³/mol. The average Bonchev–Trinajstić information content (AvgIpc) is 2.49. The van der Waals surface area contributed by atoms with Crippen LogP contribution >= 0.6 is 11.8 Å². The van der Waals surface area contributed by atoms with Gasteiger partial charge in [0.1, 0.15) is 5.75 Å². The van der Waals surface area contributed by atoms with Gasteiger partial charge in [0.15, 0.2) is 0 Å². The summed E-state index contributed by atoms with van der Waals surface area (Å²) >= 11 is 1.48. The maximum absolute atomic E-state index is 5.11. The second-order valence-electron chi connectivity index (χ2n) is 3.79. The summed E-state index contributed by atoms with van der Waals surface area (Å²) in [7, 11) is 1.67. The van der Waals surface area contributed by atoms with Gasteiger partial charge in [0.2, 0.25) is 0 Å². The van der Waals surface area contributed by atoms with Crippen LogP contribution in [0.4, 0.5) is 0 Å². The van der Waals surface area contributed by atoms with Gasteiger partial charge in [-0.25, -0.2) is 0 Å². The molecule has 0 aliphatic heterocycles. The van der Waals surface area contributed by atoms with Gasteiger partial charge in [0, 0.05) is 5.56 Å². The lowest BCUT2D eigenvalue weighted by atomic mass is 10.2. The Hall–Kier alpha value is -2.11. The first-order valence-electron chi connectivity index (χ1n) is 5.91. The summed E-state index contributed by atoms with van der Waals surface area (Å²) in [6.45, 7) is 0. The van der Waals surface area contributed by atoms with Crippen molar-refractivity contribution in [1.82, 2.24) is 0 Å². The Morgan fingerprint density at radius 2 is 1.74 bits per heavy atom. The predicted octanol–water partition coefficient (Wildman–Crippen LogP) is 4.41. The van der Waals surface area contributed by atoms with Crippen molar-refractivity contribution >= 4 is 17.8 Å². The second kappa shape index (κ2) is 7.35. The zero-order valence-electron chi connectivity index (χ0n) is 10.7. The third-order valence-electron chi connectivity index (χ3n) is 2.47. The number of ether oxygens (including phenoxy) is 1. The standard InChI is InChI=1S/C17H14OS/c1-18-17-9-7-16(8-10-17)12-14-19-13-11-15-5-3-2-4-6-15/h2-10,12,14H,1H3/b14-12+. The Balaban J connectivity index is 1.88. The van der Waals surface area contributed by atoms with Gasteiger partial charge >= 0.3 is 0 Å². The number of benzene rings is 2. The van der Waals surface area contributed by atoms with Gasteiger partial charge in [-0.2, -0.15) is 0 Å². The molecule has 0 atom stereocenters. The first-order chi connectivity index (χ1) is 9.38. The first kappa shape index (κ1) is 13.3. The topological polar surface area (TPSA) is 9.23 Å². The van der Waals surface area contributed by atoms with Crippen LogP contribution in [-0.4, -0.2) is 7.11 Å². The van der Waals surface area contributed by atoms with Crippen LogP contribution in [0.2, 0.25) is 0 Å². The van der Waals surface area contributed by atoms with Crippen LogP contribution in [0.15, 0.2) is 60.0 Å². The normalized spacial score (nSPS) is 9.95. The van der Waals surface area contributed by atoms with Crippen molar-refractivity contribution in [3.8, 4) is 16.9 Å². The molecular weight excluding hydrogens is 252 g/mol. The van der Waals surface area contributed by atoms with E-state index < -0.39 is 0 Å². The number of methoxy groups -OCH3 is 1. The molecule has 94 valence electrons. The van der Waals surface area contributed by atoms with Crippen LogP contribution < -0.4 is 4.74 Å². The van der Waals surface area contributed by atoms with Crippen LogP contribution in [-0.2, 0) is 0 Å². The van der Waals surface area contributed by atoms with Crippen molar-refractivity contribution in [3.63, 3.8) is 0 Å². The van der Waals surface area contributed by atoms with Crippen LogP contribution in [0.3, 0.4) is 0 Å². The molecule has 2 aromatic carbocycles. The van der Waals surface area contributed by atoms with E-state index in [1.54, 1.807) is 7.11 Å². The SMILES string of the molecule is COc1ccc(/C=C/SC#Cc2ccccc2)cc1.